The van der Waals surface area contributed by atoms with Crippen molar-refractivity contribution in [2.75, 3.05) is 0 Å². The van der Waals surface area contributed by atoms with Crippen LogP contribution in [-0.4, -0.2) is 26.9 Å². The summed E-state index contributed by atoms with van der Waals surface area (Å²) in [5.41, 5.74) is 1.90. The molecule has 0 aliphatic carbocycles. The molecule has 1 N–H and O–H groups in total. The Labute approximate surface area is 155 Å². The summed E-state index contributed by atoms with van der Waals surface area (Å²) in [6.45, 7) is 0.645. The standard InChI is InChI=1S/C21H17FN2O3/c22-18-9-6-16(7-10-18)14-24(13-15-4-2-1-3-5-15)20(25)17-8-11-19(21(26)27)23-12-17/h1-12H,13-14H2,(H,26,27). The molecule has 2 aromatic carbocycles. The molecule has 27 heavy (non-hydrogen) atoms. The third-order valence-electron chi connectivity index (χ3n) is 4.02. The Morgan fingerprint density at radius 2 is 1.52 bits per heavy atom. The van der Waals surface area contributed by atoms with Gasteiger partial charge in [-0.25, -0.2) is 14.2 Å². The quantitative estimate of drug-likeness (QED) is 0.723. The fourth-order valence-electron chi connectivity index (χ4n) is 2.64. The number of rotatable bonds is 6. The second-order valence-electron chi connectivity index (χ2n) is 6.01. The topological polar surface area (TPSA) is 70.5 Å². The molecule has 0 bridgehead atoms. The molecule has 0 saturated heterocycles. The molecule has 1 amide bonds. The van der Waals surface area contributed by atoms with Crippen molar-refractivity contribution >= 4 is 11.9 Å². The van der Waals surface area contributed by atoms with Crippen molar-refractivity contribution in [2.24, 2.45) is 0 Å². The van der Waals surface area contributed by atoms with Crippen molar-refractivity contribution < 1.29 is 19.1 Å². The summed E-state index contributed by atoms with van der Waals surface area (Å²) in [7, 11) is 0. The molecular weight excluding hydrogens is 347 g/mol. The zero-order chi connectivity index (χ0) is 19.2. The molecule has 0 radical (unpaired) electrons. The van der Waals surface area contributed by atoms with Crippen molar-refractivity contribution in [3.63, 3.8) is 0 Å². The number of aromatic carboxylic acids is 1. The van der Waals surface area contributed by atoms with E-state index in [-0.39, 0.29) is 29.5 Å². The maximum absolute atomic E-state index is 13.2. The van der Waals surface area contributed by atoms with Crippen molar-refractivity contribution in [3.8, 4) is 0 Å². The number of hydrogen-bond acceptors (Lipinski definition) is 3. The third kappa shape index (κ3) is 4.76. The van der Waals surface area contributed by atoms with Crippen molar-refractivity contribution in [1.82, 2.24) is 9.88 Å². The summed E-state index contributed by atoms with van der Waals surface area (Å²) < 4.78 is 13.2. The van der Waals surface area contributed by atoms with Gasteiger partial charge in [0.1, 0.15) is 11.5 Å². The molecule has 136 valence electrons. The first-order chi connectivity index (χ1) is 13.0. The zero-order valence-electron chi connectivity index (χ0n) is 14.4. The van der Waals surface area contributed by atoms with Gasteiger partial charge >= 0.3 is 5.97 Å². The number of hydrogen-bond donors (Lipinski definition) is 1. The van der Waals surface area contributed by atoms with E-state index >= 15 is 0 Å². The number of pyridine rings is 1. The Balaban J connectivity index is 1.86. The van der Waals surface area contributed by atoms with E-state index in [1.807, 2.05) is 30.3 Å². The van der Waals surface area contributed by atoms with E-state index in [0.717, 1.165) is 11.1 Å². The number of benzene rings is 2. The second kappa shape index (κ2) is 8.23. The fraction of sp³-hybridized carbons (Fsp3) is 0.0952. The van der Waals surface area contributed by atoms with Gasteiger partial charge in [-0.3, -0.25) is 4.79 Å². The highest BCUT2D eigenvalue weighted by Crippen LogP contribution is 2.15. The number of nitrogens with zero attached hydrogens (tertiary/aromatic N) is 2. The van der Waals surface area contributed by atoms with Gasteiger partial charge in [0.05, 0.1) is 5.56 Å². The van der Waals surface area contributed by atoms with E-state index in [4.69, 9.17) is 5.11 Å². The predicted molar refractivity (Wildman–Crippen MR) is 97.6 cm³/mol. The minimum atomic E-state index is -1.15. The summed E-state index contributed by atoms with van der Waals surface area (Å²) >= 11 is 0. The minimum absolute atomic E-state index is 0.125. The summed E-state index contributed by atoms with van der Waals surface area (Å²) in [6, 6.07) is 18.2. The van der Waals surface area contributed by atoms with Gasteiger partial charge in [-0.05, 0) is 35.4 Å². The molecule has 0 unspecified atom stereocenters. The molecule has 3 aromatic rings. The smallest absolute Gasteiger partial charge is 0.354 e. The normalized spacial score (nSPS) is 10.4. The van der Waals surface area contributed by atoms with Crippen LogP contribution in [0.2, 0.25) is 0 Å². The van der Waals surface area contributed by atoms with Gasteiger partial charge in [0.2, 0.25) is 0 Å². The van der Waals surface area contributed by atoms with E-state index in [1.165, 1.54) is 30.5 Å². The first-order valence-electron chi connectivity index (χ1n) is 8.30. The molecule has 6 heteroatoms. The van der Waals surface area contributed by atoms with Crippen LogP contribution in [0.25, 0.3) is 0 Å². The molecule has 1 heterocycles. The highest BCUT2D eigenvalue weighted by molar-refractivity contribution is 5.94. The summed E-state index contributed by atoms with van der Waals surface area (Å²) in [5.74, 6) is -1.78. The van der Waals surface area contributed by atoms with Crippen LogP contribution in [0, 0.1) is 5.82 Å². The number of carboxylic acids is 1. The summed E-state index contributed by atoms with van der Waals surface area (Å²) in [5, 5.41) is 8.95. The lowest BCUT2D eigenvalue weighted by Crippen LogP contribution is -2.30. The molecule has 0 saturated carbocycles. The predicted octanol–water partition coefficient (Wildman–Crippen LogP) is 3.76. The summed E-state index contributed by atoms with van der Waals surface area (Å²) in [4.78, 5) is 29.3. The second-order valence-corrected chi connectivity index (χ2v) is 6.01. The number of carbonyl (C=O) groups excluding carboxylic acids is 1. The highest BCUT2D eigenvalue weighted by Gasteiger charge is 2.18. The van der Waals surface area contributed by atoms with Crippen LogP contribution >= 0.6 is 0 Å². The van der Waals surface area contributed by atoms with Gasteiger partial charge in [0.25, 0.3) is 5.91 Å². The molecule has 0 aliphatic heterocycles. The van der Waals surface area contributed by atoms with Crippen LogP contribution in [0.4, 0.5) is 4.39 Å². The Hall–Kier alpha value is -3.54. The summed E-state index contributed by atoms with van der Waals surface area (Å²) in [6.07, 6.45) is 1.26. The lowest BCUT2D eigenvalue weighted by molar-refractivity contribution is 0.0685. The lowest BCUT2D eigenvalue weighted by Gasteiger charge is -2.23. The van der Waals surface area contributed by atoms with Gasteiger partial charge in [-0.2, -0.15) is 0 Å². The lowest BCUT2D eigenvalue weighted by atomic mass is 10.1. The minimum Gasteiger partial charge on any atom is -0.477 e. The molecule has 3 rings (SSSR count). The molecular formula is C21H17FN2O3. The largest absolute Gasteiger partial charge is 0.477 e. The zero-order valence-corrected chi connectivity index (χ0v) is 14.4. The SMILES string of the molecule is O=C(O)c1ccc(C(=O)N(Cc2ccccc2)Cc2ccc(F)cc2)cn1. The van der Waals surface area contributed by atoms with E-state index in [0.29, 0.717) is 6.54 Å². The van der Waals surface area contributed by atoms with Crippen LogP contribution in [0.5, 0.6) is 0 Å². The average molecular weight is 364 g/mol. The Bertz CT molecular complexity index is 926. The number of carboxylic acid groups (broad SMARTS) is 1. The third-order valence-corrected chi connectivity index (χ3v) is 4.02. The average Bonchev–Trinajstić information content (AvgIpc) is 2.69. The molecule has 0 fully saturated rings. The van der Waals surface area contributed by atoms with Crippen molar-refractivity contribution in [3.05, 3.63) is 101 Å². The Kier molecular flexibility index (Phi) is 5.56. The van der Waals surface area contributed by atoms with Crippen LogP contribution in [0.3, 0.4) is 0 Å². The number of carbonyl (C=O) groups is 2. The molecule has 0 atom stereocenters. The fourth-order valence-corrected chi connectivity index (χ4v) is 2.64. The van der Waals surface area contributed by atoms with Gasteiger partial charge in [0, 0.05) is 19.3 Å². The first kappa shape index (κ1) is 18.3. The van der Waals surface area contributed by atoms with E-state index in [9.17, 15) is 14.0 Å². The van der Waals surface area contributed by atoms with E-state index in [1.54, 1.807) is 17.0 Å². The van der Waals surface area contributed by atoms with Crippen LogP contribution < -0.4 is 0 Å². The van der Waals surface area contributed by atoms with E-state index < -0.39 is 5.97 Å². The van der Waals surface area contributed by atoms with Crippen molar-refractivity contribution in [1.29, 1.82) is 0 Å². The Morgan fingerprint density at radius 3 is 2.07 bits per heavy atom. The maximum Gasteiger partial charge on any atom is 0.354 e. The van der Waals surface area contributed by atoms with E-state index in [2.05, 4.69) is 4.98 Å². The van der Waals surface area contributed by atoms with Crippen LogP contribution in [0.15, 0.2) is 72.9 Å². The first-order valence-corrected chi connectivity index (χ1v) is 8.30. The van der Waals surface area contributed by atoms with Crippen LogP contribution in [-0.2, 0) is 13.1 Å². The maximum atomic E-state index is 13.2. The van der Waals surface area contributed by atoms with Gasteiger partial charge in [-0.1, -0.05) is 42.5 Å². The number of amides is 1. The van der Waals surface area contributed by atoms with Gasteiger partial charge in [-0.15, -0.1) is 0 Å². The number of halogens is 1. The highest BCUT2D eigenvalue weighted by atomic mass is 19.1. The Morgan fingerprint density at radius 1 is 0.889 bits per heavy atom. The molecule has 5 nitrogen and oxygen atoms in total. The van der Waals surface area contributed by atoms with Gasteiger partial charge in [0.15, 0.2) is 0 Å². The molecule has 1 aromatic heterocycles. The number of aromatic nitrogens is 1. The van der Waals surface area contributed by atoms with Crippen molar-refractivity contribution in [2.45, 2.75) is 13.1 Å². The molecule has 0 aliphatic rings. The van der Waals surface area contributed by atoms with Gasteiger partial charge < -0.3 is 10.0 Å². The van der Waals surface area contributed by atoms with Crippen LogP contribution in [0.1, 0.15) is 32.0 Å². The molecule has 0 spiro atoms. The monoisotopic (exact) mass is 364 g/mol.